The number of benzene rings is 1. The van der Waals surface area contributed by atoms with E-state index >= 15 is 0 Å². The zero-order chi connectivity index (χ0) is 19.7. The van der Waals surface area contributed by atoms with Crippen LogP contribution in [0.2, 0.25) is 0 Å². The number of sulfonamides is 1. The topological polar surface area (TPSA) is 74.3 Å². The molecule has 2 spiro atoms. The smallest absolute Gasteiger partial charge is 0.207 e. The van der Waals surface area contributed by atoms with Gasteiger partial charge in [-0.2, -0.15) is 23.9 Å². The van der Waals surface area contributed by atoms with Gasteiger partial charge in [0.2, 0.25) is 21.6 Å². The minimum absolute atomic E-state index is 0.300. The van der Waals surface area contributed by atoms with E-state index in [0.29, 0.717) is 42.7 Å². The van der Waals surface area contributed by atoms with E-state index in [4.69, 9.17) is 19.6 Å². The van der Waals surface area contributed by atoms with Gasteiger partial charge in [0.15, 0.2) is 0 Å². The predicted octanol–water partition coefficient (Wildman–Crippen LogP) is 3.23. The van der Waals surface area contributed by atoms with Crippen molar-refractivity contribution in [3.8, 4) is 0 Å². The summed E-state index contributed by atoms with van der Waals surface area (Å²) in [6.45, 7) is 0.599. The van der Waals surface area contributed by atoms with Gasteiger partial charge < -0.3 is 0 Å². The predicted molar refractivity (Wildman–Crippen MR) is 101 cm³/mol. The highest BCUT2D eigenvalue weighted by Gasteiger charge is 2.64. The standard InChI is InChI=1S/C21H27NO6S/c23-29(24,19-4-2-1-3-5-19)22-8-6-20(7-9-22)25-27-21(28-26-20)17-11-15-10-16(13-17)14-18(21)12-15/h1-5,15-18H,6-14H2. The van der Waals surface area contributed by atoms with Crippen molar-refractivity contribution in [2.75, 3.05) is 13.1 Å². The zero-order valence-corrected chi connectivity index (χ0v) is 17.2. The molecule has 1 aromatic carbocycles. The maximum absolute atomic E-state index is 12.8. The molecule has 6 aliphatic rings. The van der Waals surface area contributed by atoms with Crippen molar-refractivity contribution >= 4 is 10.0 Å². The lowest BCUT2D eigenvalue weighted by atomic mass is 9.53. The Morgan fingerprint density at radius 3 is 1.90 bits per heavy atom. The van der Waals surface area contributed by atoms with Gasteiger partial charge in [0.05, 0.1) is 4.90 Å². The van der Waals surface area contributed by atoms with Crippen LogP contribution in [0.3, 0.4) is 0 Å². The molecular formula is C21H27NO6S. The zero-order valence-electron chi connectivity index (χ0n) is 16.4. The third kappa shape index (κ3) is 2.84. The van der Waals surface area contributed by atoms with Gasteiger partial charge in [0.25, 0.3) is 0 Å². The van der Waals surface area contributed by atoms with Crippen LogP contribution in [0.4, 0.5) is 0 Å². The maximum atomic E-state index is 12.8. The fourth-order valence-corrected chi connectivity index (χ4v) is 7.86. The summed E-state index contributed by atoms with van der Waals surface area (Å²) in [7, 11) is -3.52. The number of piperidine rings is 1. The second kappa shape index (κ2) is 6.48. The van der Waals surface area contributed by atoms with E-state index in [1.807, 2.05) is 6.07 Å². The summed E-state index contributed by atoms with van der Waals surface area (Å²) in [6, 6.07) is 8.52. The molecule has 8 heteroatoms. The van der Waals surface area contributed by atoms with Gasteiger partial charge in [0, 0.05) is 37.8 Å². The van der Waals surface area contributed by atoms with Crippen molar-refractivity contribution in [1.29, 1.82) is 0 Å². The molecule has 2 aliphatic heterocycles. The van der Waals surface area contributed by atoms with Crippen molar-refractivity contribution in [2.24, 2.45) is 23.7 Å². The highest BCUT2D eigenvalue weighted by molar-refractivity contribution is 7.89. The summed E-state index contributed by atoms with van der Waals surface area (Å²) in [5, 5.41) is 0. The largest absolute Gasteiger partial charge is 0.243 e. The molecule has 0 amide bonds. The number of hydrogen-bond acceptors (Lipinski definition) is 6. The second-order valence-corrected chi connectivity index (χ2v) is 11.4. The third-order valence-electron chi connectivity index (χ3n) is 7.79. The molecule has 0 atom stereocenters. The van der Waals surface area contributed by atoms with Gasteiger partial charge >= 0.3 is 0 Å². The average molecular weight is 422 g/mol. The van der Waals surface area contributed by atoms with Gasteiger partial charge in [-0.3, -0.25) is 0 Å². The molecule has 7 rings (SSSR count). The quantitative estimate of drug-likeness (QED) is 0.683. The lowest BCUT2D eigenvalue weighted by Gasteiger charge is -2.60. The molecule has 4 aliphatic carbocycles. The van der Waals surface area contributed by atoms with E-state index in [-0.39, 0.29) is 0 Å². The minimum atomic E-state index is -3.52. The summed E-state index contributed by atoms with van der Waals surface area (Å²) < 4.78 is 27.2. The van der Waals surface area contributed by atoms with E-state index in [9.17, 15) is 8.42 Å². The van der Waals surface area contributed by atoms with E-state index < -0.39 is 21.6 Å². The minimum Gasteiger partial charge on any atom is -0.207 e. The van der Waals surface area contributed by atoms with Gasteiger partial charge in [-0.15, -0.1) is 0 Å². The van der Waals surface area contributed by atoms with Crippen LogP contribution < -0.4 is 0 Å². The molecule has 2 saturated heterocycles. The van der Waals surface area contributed by atoms with Crippen molar-refractivity contribution in [3.05, 3.63) is 30.3 Å². The molecule has 0 N–H and O–H groups in total. The number of rotatable bonds is 2. The molecule has 0 aromatic heterocycles. The first-order valence-corrected chi connectivity index (χ1v) is 12.2. The van der Waals surface area contributed by atoms with Crippen LogP contribution in [0.25, 0.3) is 0 Å². The SMILES string of the molecule is O=S(=O)(c1ccccc1)N1CCC2(CC1)OOC1(OO2)C2CC3CC(C2)CC1C3. The summed E-state index contributed by atoms with van der Waals surface area (Å²) in [5.74, 6) is 0.439. The second-order valence-electron chi connectivity index (χ2n) is 9.49. The normalized spacial score (nSPS) is 37.9. The lowest BCUT2D eigenvalue weighted by molar-refractivity contribution is -0.680. The van der Waals surface area contributed by atoms with Crippen LogP contribution in [0.1, 0.15) is 44.9 Å². The van der Waals surface area contributed by atoms with E-state index in [0.717, 1.165) is 37.5 Å². The van der Waals surface area contributed by atoms with Crippen molar-refractivity contribution < 1.29 is 28.0 Å². The van der Waals surface area contributed by atoms with Crippen molar-refractivity contribution in [3.63, 3.8) is 0 Å². The summed E-state index contributed by atoms with van der Waals surface area (Å²) >= 11 is 0. The van der Waals surface area contributed by atoms with Gasteiger partial charge in [-0.05, 0) is 56.1 Å². The summed E-state index contributed by atoms with van der Waals surface area (Å²) in [5.41, 5.74) is 0. The summed E-state index contributed by atoms with van der Waals surface area (Å²) in [4.78, 5) is 24.1. The molecule has 0 unspecified atom stereocenters. The maximum Gasteiger partial charge on any atom is 0.243 e. The molecule has 29 heavy (non-hydrogen) atoms. The van der Waals surface area contributed by atoms with Gasteiger partial charge in [0.1, 0.15) is 0 Å². The Morgan fingerprint density at radius 1 is 0.793 bits per heavy atom. The van der Waals surface area contributed by atoms with Crippen LogP contribution >= 0.6 is 0 Å². The van der Waals surface area contributed by atoms with Crippen LogP contribution in [-0.4, -0.2) is 37.4 Å². The fraction of sp³-hybridized carbons (Fsp3) is 0.714. The molecule has 6 fully saturated rings. The Hall–Kier alpha value is -1.03. The molecular weight excluding hydrogens is 394 g/mol. The first-order valence-electron chi connectivity index (χ1n) is 10.8. The molecule has 2 heterocycles. The van der Waals surface area contributed by atoms with Gasteiger partial charge in [-0.1, -0.05) is 18.2 Å². The van der Waals surface area contributed by atoms with Crippen molar-refractivity contribution in [2.45, 2.75) is 61.4 Å². The Bertz CT molecular complexity index is 840. The highest BCUT2D eigenvalue weighted by Crippen LogP contribution is 2.61. The Labute approximate surface area is 171 Å². The highest BCUT2D eigenvalue weighted by atomic mass is 32.2. The molecule has 7 nitrogen and oxygen atoms in total. The molecule has 4 saturated carbocycles. The average Bonchev–Trinajstić information content (AvgIpc) is 2.74. The first kappa shape index (κ1) is 18.7. The van der Waals surface area contributed by atoms with Crippen LogP contribution in [0.5, 0.6) is 0 Å². The molecule has 0 radical (unpaired) electrons. The lowest BCUT2D eigenvalue weighted by Crippen LogP contribution is -2.65. The Balaban J connectivity index is 1.13. The molecule has 4 bridgehead atoms. The Morgan fingerprint density at radius 2 is 1.34 bits per heavy atom. The number of nitrogens with zero attached hydrogens (tertiary/aromatic N) is 1. The third-order valence-corrected chi connectivity index (χ3v) is 9.70. The van der Waals surface area contributed by atoms with E-state index in [1.165, 1.54) is 10.7 Å². The van der Waals surface area contributed by atoms with Crippen LogP contribution in [-0.2, 0) is 29.6 Å². The molecule has 158 valence electrons. The van der Waals surface area contributed by atoms with Crippen LogP contribution in [0.15, 0.2) is 35.2 Å². The molecule has 1 aromatic rings. The van der Waals surface area contributed by atoms with Crippen LogP contribution in [0, 0.1) is 23.7 Å². The monoisotopic (exact) mass is 421 g/mol. The van der Waals surface area contributed by atoms with Crippen molar-refractivity contribution in [1.82, 2.24) is 4.31 Å². The first-order chi connectivity index (χ1) is 14.0. The van der Waals surface area contributed by atoms with E-state index in [1.54, 1.807) is 24.3 Å². The number of hydrogen-bond donors (Lipinski definition) is 0. The summed E-state index contributed by atoms with van der Waals surface area (Å²) in [6.07, 6.45) is 6.57. The fourth-order valence-electron chi connectivity index (χ4n) is 6.40. The van der Waals surface area contributed by atoms with Gasteiger partial charge in [-0.25, -0.2) is 8.42 Å². The Kier molecular flexibility index (Phi) is 4.18. The van der Waals surface area contributed by atoms with E-state index in [2.05, 4.69) is 0 Å².